The van der Waals surface area contributed by atoms with Gasteiger partial charge < -0.3 is 30.7 Å². The van der Waals surface area contributed by atoms with E-state index in [-0.39, 0.29) is 17.6 Å². The Balaban J connectivity index is 1.70. The Morgan fingerprint density at radius 3 is 2.58 bits per heavy atom. The molecule has 0 aliphatic carbocycles. The van der Waals surface area contributed by atoms with Crippen molar-refractivity contribution >= 4 is 11.6 Å². The van der Waals surface area contributed by atoms with E-state index in [1.54, 1.807) is 18.2 Å². The van der Waals surface area contributed by atoms with Gasteiger partial charge in [0, 0.05) is 36.9 Å². The lowest BCUT2D eigenvalue weighted by atomic mass is 10.0. The van der Waals surface area contributed by atoms with Crippen LogP contribution in [0.25, 0.3) is 11.3 Å². The first kappa shape index (κ1) is 17.0. The lowest BCUT2D eigenvalue weighted by Crippen LogP contribution is -2.22. The molecule has 26 heavy (non-hydrogen) atoms. The van der Waals surface area contributed by atoms with Crippen molar-refractivity contribution in [3.63, 3.8) is 0 Å². The van der Waals surface area contributed by atoms with Crippen LogP contribution in [-0.2, 0) is 4.74 Å². The van der Waals surface area contributed by atoms with Crippen LogP contribution in [0.3, 0.4) is 0 Å². The first-order valence-corrected chi connectivity index (χ1v) is 8.68. The van der Waals surface area contributed by atoms with Crippen molar-refractivity contribution < 1.29 is 20.1 Å². The van der Waals surface area contributed by atoms with Crippen LogP contribution in [-0.4, -0.2) is 63.8 Å². The first-order chi connectivity index (χ1) is 12.5. The summed E-state index contributed by atoms with van der Waals surface area (Å²) in [5.74, 6) is 0.412. The minimum atomic E-state index is -0.782. The van der Waals surface area contributed by atoms with E-state index in [0.717, 1.165) is 17.8 Å². The van der Waals surface area contributed by atoms with Gasteiger partial charge in [0.1, 0.15) is 5.75 Å². The van der Waals surface area contributed by atoms with Crippen LogP contribution in [0.2, 0.25) is 0 Å². The highest BCUT2D eigenvalue weighted by molar-refractivity contribution is 5.73. The Morgan fingerprint density at radius 2 is 1.88 bits per heavy atom. The molecule has 8 nitrogen and oxygen atoms in total. The number of ether oxygens (including phenoxy) is 1. The van der Waals surface area contributed by atoms with Gasteiger partial charge in [-0.1, -0.05) is 0 Å². The zero-order chi connectivity index (χ0) is 18.3. The van der Waals surface area contributed by atoms with Crippen LogP contribution >= 0.6 is 0 Å². The Labute approximate surface area is 150 Å². The number of aliphatic hydroxyl groups is 2. The Morgan fingerprint density at radius 1 is 1.12 bits per heavy atom. The van der Waals surface area contributed by atoms with E-state index in [1.807, 2.05) is 11.0 Å². The van der Waals surface area contributed by atoms with Gasteiger partial charge in [-0.2, -0.15) is 0 Å². The van der Waals surface area contributed by atoms with E-state index in [9.17, 15) is 15.3 Å². The average molecular weight is 358 g/mol. The zero-order valence-electron chi connectivity index (χ0n) is 14.2. The molecule has 0 saturated carbocycles. The van der Waals surface area contributed by atoms with Crippen molar-refractivity contribution in [2.75, 3.05) is 36.9 Å². The summed E-state index contributed by atoms with van der Waals surface area (Å²) in [6.07, 6.45) is -0.683. The van der Waals surface area contributed by atoms with Gasteiger partial charge in [-0.15, -0.1) is 0 Å². The van der Waals surface area contributed by atoms with E-state index >= 15 is 0 Å². The number of phenols is 1. The molecule has 1 aromatic carbocycles. The lowest BCUT2D eigenvalue weighted by molar-refractivity contribution is 0.0572. The molecule has 2 fully saturated rings. The summed E-state index contributed by atoms with van der Waals surface area (Å²) in [6, 6.07) is 6.96. The molecule has 5 N–H and O–H groups in total. The SMILES string of the molecule is Nc1nc(-c2cc(N3C[C@H](O)[C@@H](O)C3)ccc2O)cc(C2CCOC2)n1. The number of nitrogen functional groups attached to an aromatic ring is 1. The Hall–Kier alpha value is -2.42. The van der Waals surface area contributed by atoms with Gasteiger partial charge in [0.25, 0.3) is 0 Å². The third-order valence-corrected chi connectivity index (χ3v) is 4.99. The van der Waals surface area contributed by atoms with Gasteiger partial charge in [0.15, 0.2) is 0 Å². The van der Waals surface area contributed by atoms with E-state index in [0.29, 0.717) is 37.6 Å². The molecule has 1 aromatic heterocycles. The Kier molecular flexibility index (Phi) is 4.39. The molecular formula is C18H22N4O4. The van der Waals surface area contributed by atoms with Gasteiger partial charge in [0.05, 0.1) is 30.2 Å². The standard InChI is InChI=1S/C18H22N4O4/c19-18-20-13(10-3-4-26-9-10)6-14(21-18)12-5-11(1-2-15(12)23)22-7-16(24)17(25)8-22/h1-2,5-6,10,16-17,23-25H,3-4,7-9H2,(H2,19,20,21)/t10?,16-,17-/m0/s1. The number of nitrogens with two attached hydrogens (primary N) is 1. The summed E-state index contributed by atoms with van der Waals surface area (Å²) < 4.78 is 5.42. The maximum atomic E-state index is 10.3. The minimum absolute atomic E-state index is 0.0840. The third kappa shape index (κ3) is 3.18. The van der Waals surface area contributed by atoms with Crippen LogP contribution in [0.4, 0.5) is 11.6 Å². The molecule has 4 rings (SSSR count). The van der Waals surface area contributed by atoms with Crippen molar-refractivity contribution in [2.45, 2.75) is 24.5 Å². The van der Waals surface area contributed by atoms with Crippen molar-refractivity contribution in [3.05, 3.63) is 30.0 Å². The molecule has 0 spiro atoms. The number of aromatic nitrogens is 2. The van der Waals surface area contributed by atoms with Crippen molar-refractivity contribution in [1.82, 2.24) is 9.97 Å². The van der Waals surface area contributed by atoms with E-state index in [1.165, 1.54) is 0 Å². The van der Waals surface area contributed by atoms with Crippen LogP contribution in [0.15, 0.2) is 24.3 Å². The van der Waals surface area contributed by atoms with Crippen molar-refractivity contribution in [3.8, 4) is 17.0 Å². The second-order valence-electron chi connectivity index (χ2n) is 6.84. The number of hydrogen-bond acceptors (Lipinski definition) is 8. The minimum Gasteiger partial charge on any atom is -0.507 e. The van der Waals surface area contributed by atoms with E-state index < -0.39 is 12.2 Å². The predicted octanol–water partition coefficient (Wildman–Crippen LogP) is 0.477. The highest BCUT2D eigenvalue weighted by atomic mass is 16.5. The van der Waals surface area contributed by atoms with E-state index in [2.05, 4.69) is 9.97 Å². The number of benzene rings is 1. The molecule has 2 saturated heterocycles. The number of anilines is 2. The van der Waals surface area contributed by atoms with Gasteiger partial charge in [-0.05, 0) is 30.7 Å². The fraction of sp³-hybridized carbons (Fsp3) is 0.444. The summed E-state index contributed by atoms with van der Waals surface area (Å²) >= 11 is 0. The number of nitrogens with zero attached hydrogens (tertiary/aromatic N) is 3. The molecule has 0 amide bonds. The maximum absolute atomic E-state index is 10.3. The van der Waals surface area contributed by atoms with Crippen LogP contribution < -0.4 is 10.6 Å². The lowest BCUT2D eigenvalue weighted by Gasteiger charge is -2.19. The number of phenolic OH excluding ortho intramolecular Hbond substituents is 1. The number of aliphatic hydroxyl groups excluding tert-OH is 2. The number of hydrogen-bond donors (Lipinski definition) is 4. The van der Waals surface area contributed by atoms with E-state index in [4.69, 9.17) is 10.5 Å². The topological polar surface area (TPSA) is 125 Å². The van der Waals surface area contributed by atoms with Crippen LogP contribution in [0.1, 0.15) is 18.0 Å². The molecule has 1 unspecified atom stereocenters. The smallest absolute Gasteiger partial charge is 0.220 e. The molecule has 2 aliphatic heterocycles. The van der Waals surface area contributed by atoms with Gasteiger partial charge in [-0.25, -0.2) is 9.97 Å². The Bertz CT molecular complexity index is 800. The molecular weight excluding hydrogens is 336 g/mol. The van der Waals surface area contributed by atoms with Gasteiger partial charge >= 0.3 is 0 Å². The highest BCUT2D eigenvalue weighted by Crippen LogP contribution is 2.35. The third-order valence-electron chi connectivity index (χ3n) is 4.99. The summed E-state index contributed by atoms with van der Waals surface area (Å²) in [6.45, 7) is 1.97. The number of aromatic hydroxyl groups is 1. The molecule has 0 bridgehead atoms. The molecule has 8 heteroatoms. The second kappa shape index (κ2) is 6.71. The largest absolute Gasteiger partial charge is 0.507 e. The second-order valence-corrected chi connectivity index (χ2v) is 6.84. The summed E-state index contributed by atoms with van der Waals surface area (Å²) in [5.41, 5.74) is 8.56. The molecule has 2 aliphatic rings. The molecule has 138 valence electrons. The monoisotopic (exact) mass is 358 g/mol. The summed E-state index contributed by atoms with van der Waals surface area (Å²) in [5, 5.41) is 29.9. The van der Waals surface area contributed by atoms with Crippen molar-refractivity contribution in [1.29, 1.82) is 0 Å². The summed E-state index contributed by atoms with van der Waals surface area (Å²) in [4.78, 5) is 10.5. The van der Waals surface area contributed by atoms with Crippen molar-refractivity contribution in [2.24, 2.45) is 0 Å². The maximum Gasteiger partial charge on any atom is 0.220 e. The number of β-amino-alcohol motifs (C(OH)–C–C–N with tert-alkyl or cyclic N) is 2. The van der Waals surface area contributed by atoms with Crippen LogP contribution in [0, 0.1) is 0 Å². The predicted molar refractivity (Wildman–Crippen MR) is 95.9 cm³/mol. The van der Waals surface area contributed by atoms with Crippen LogP contribution in [0.5, 0.6) is 5.75 Å². The zero-order valence-corrected chi connectivity index (χ0v) is 14.2. The fourth-order valence-electron chi connectivity index (χ4n) is 3.51. The van der Waals surface area contributed by atoms with Gasteiger partial charge in [-0.3, -0.25) is 0 Å². The average Bonchev–Trinajstić information content (AvgIpc) is 3.25. The highest BCUT2D eigenvalue weighted by Gasteiger charge is 2.30. The number of rotatable bonds is 3. The quantitative estimate of drug-likeness (QED) is 0.624. The van der Waals surface area contributed by atoms with Gasteiger partial charge in [0.2, 0.25) is 5.95 Å². The fourth-order valence-corrected chi connectivity index (χ4v) is 3.51. The molecule has 0 radical (unpaired) electrons. The summed E-state index contributed by atoms with van der Waals surface area (Å²) in [7, 11) is 0. The molecule has 3 heterocycles. The normalized spacial score (nSPS) is 25.8. The molecule has 3 atom stereocenters. The molecule has 2 aromatic rings. The first-order valence-electron chi connectivity index (χ1n) is 8.68.